The van der Waals surface area contributed by atoms with Gasteiger partial charge in [0, 0.05) is 5.57 Å². The van der Waals surface area contributed by atoms with Crippen LogP contribution in [0.1, 0.15) is 12.0 Å². The van der Waals surface area contributed by atoms with Crippen molar-refractivity contribution in [3.8, 4) is 11.1 Å². The average molecular weight is 293 g/mol. The maximum atomic E-state index is 11.8. The first-order valence-corrected chi connectivity index (χ1v) is 6.98. The van der Waals surface area contributed by atoms with Gasteiger partial charge in [-0.3, -0.25) is 14.4 Å². The van der Waals surface area contributed by atoms with Crippen LogP contribution in [0.15, 0.2) is 66.7 Å². The van der Waals surface area contributed by atoms with Gasteiger partial charge in [-0.2, -0.15) is 0 Å². The van der Waals surface area contributed by atoms with Crippen LogP contribution in [-0.4, -0.2) is 16.9 Å². The summed E-state index contributed by atoms with van der Waals surface area (Å²) in [5.41, 5.74) is 3.25. The number of rotatable bonds is 4. The van der Waals surface area contributed by atoms with E-state index in [2.05, 4.69) is 6.58 Å². The summed E-state index contributed by atoms with van der Waals surface area (Å²) < 4.78 is 0. The number of carbonyl (C=O) groups is 2. The minimum absolute atomic E-state index is 0.0269. The van der Waals surface area contributed by atoms with Crippen molar-refractivity contribution in [2.75, 3.05) is 0 Å². The number of hydrogen-bond donors (Lipinski definition) is 0. The molecule has 0 aliphatic carbocycles. The fraction of sp³-hybridized carbons (Fsp3) is 0.111. The molecule has 2 aromatic rings. The van der Waals surface area contributed by atoms with Crippen LogP contribution in [0, 0.1) is 0 Å². The van der Waals surface area contributed by atoms with E-state index in [0.717, 1.165) is 21.8 Å². The Balaban J connectivity index is 1.81. The second-order valence-electron chi connectivity index (χ2n) is 5.07. The molecular weight excluding hydrogens is 278 g/mol. The molecule has 0 spiro atoms. The topological polar surface area (TPSA) is 46.6 Å². The zero-order valence-electron chi connectivity index (χ0n) is 12.0. The third kappa shape index (κ3) is 2.69. The fourth-order valence-corrected chi connectivity index (χ4v) is 2.40. The van der Waals surface area contributed by atoms with Crippen molar-refractivity contribution in [1.29, 1.82) is 0 Å². The summed E-state index contributed by atoms with van der Waals surface area (Å²) in [7, 11) is 0. The molecule has 1 fully saturated rings. The smallest absolute Gasteiger partial charge is 0.272 e. The van der Waals surface area contributed by atoms with Crippen LogP contribution >= 0.6 is 0 Å². The standard InChI is InChI=1S/C18H15NO3/c1-13-11-17(20)19(18(13)21)22-12-15-9-5-6-10-16(15)14-7-3-2-4-8-14/h2-10H,1,11-12H2. The van der Waals surface area contributed by atoms with Crippen molar-refractivity contribution in [1.82, 2.24) is 5.06 Å². The van der Waals surface area contributed by atoms with Crippen LogP contribution in [0.4, 0.5) is 0 Å². The molecule has 0 aromatic heterocycles. The third-order valence-corrected chi connectivity index (χ3v) is 3.53. The Morgan fingerprint density at radius 2 is 1.68 bits per heavy atom. The normalized spacial score (nSPS) is 14.7. The van der Waals surface area contributed by atoms with Crippen LogP contribution in [0.5, 0.6) is 0 Å². The molecule has 4 heteroatoms. The number of benzene rings is 2. The molecule has 0 N–H and O–H groups in total. The summed E-state index contributed by atoms with van der Waals surface area (Å²) in [5.74, 6) is -0.825. The van der Waals surface area contributed by atoms with Gasteiger partial charge in [-0.05, 0) is 16.7 Å². The highest BCUT2D eigenvalue weighted by atomic mass is 16.7. The van der Waals surface area contributed by atoms with Crippen molar-refractivity contribution in [3.05, 3.63) is 72.3 Å². The first-order chi connectivity index (χ1) is 10.7. The van der Waals surface area contributed by atoms with Crippen molar-refractivity contribution < 1.29 is 14.4 Å². The summed E-state index contributed by atoms with van der Waals surface area (Å²) in [6.07, 6.45) is 0.0269. The second-order valence-corrected chi connectivity index (χ2v) is 5.07. The van der Waals surface area contributed by atoms with Crippen molar-refractivity contribution in [2.45, 2.75) is 13.0 Å². The van der Waals surface area contributed by atoms with Gasteiger partial charge in [0.15, 0.2) is 0 Å². The highest BCUT2D eigenvalue weighted by molar-refractivity contribution is 6.11. The van der Waals surface area contributed by atoms with E-state index in [1.54, 1.807) is 0 Å². The number of hydroxylamine groups is 2. The Hall–Kier alpha value is -2.72. The molecule has 1 heterocycles. The quantitative estimate of drug-likeness (QED) is 0.643. The maximum absolute atomic E-state index is 11.8. The predicted octanol–water partition coefficient (Wildman–Crippen LogP) is 3.10. The zero-order chi connectivity index (χ0) is 15.5. The van der Waals surface area contributed by atoms with Crippen LogP contribution in [0.25, 0.3) is 11.1 Å². The van der Waals surface area contributed by atoms with E-state index in [9.17, 15) is 9.59 Å². The molecule has 0 atom stereocenters. The molecule has 1 aliphatic rings. The molecule has 1 aliphatic heterocycles. The molecule has 110 valence electrons. The Morgan fingerprint density at radius 1 is 1.00 bits per heavy atom. The number of imide groups is 1. The second kappa shape index (κ2) is 5.95. The molecule has 1 saturated heterocycles. The Kier molecular flexibility index (Phi) is 3.85. The van der Waals surface area contributed by atoms with Gasteiger partial charge in [0.1, 0.15) is 6.61 Å². The average Bonchev–Trinajstić information content (AvgIpc) is 2.79. The lowest BCUT2D eigenvalue weighted by Gasteiger charge is -2.15. The minimum atomic E-state index is -0.456. The summed E-state index contributed by atoms with van der Waals surface area (Å²) in [6, 6.07) is 17.6. The predicted molar refractivity (Wildman–Crippen MR) is 82.3 cm³/mol. The SMILES string of the molecule is C=C1CC(=O)N(OCc2ccccc2-c2ccccc2)C1=O. The summed E-state index contributed by atoms with van der Waals surface area (Å²) in [6.45, 7) is 3.71. The summed E-state index contributed by atoms with van der Waals surface area (Å²) in [5, 5.41) is 0.810. The van der Waals surface area contributed by atoms with Gasteiger partial charge >= 0.3 is 0 Å². The third-order valence-electron chi connectivity index (χ3n) is 3.53. The van der Waals surface area contributed by atoms with E-state index < -0.39 is 5.91 Å². The van der Waals surface area contributed by atoms with Crippen molar-refractivity contribution >= 4 is 11.8 Å². The van der Waals surface area contributed by atoms with Gasteiger partial charge < -0.3 is 0 Å². The van der Waals surface area contributed by atoms with E-state index in [4.69, 9.17) is 4.84 Å². The van der Waals surface area contributed by atoms with Crippen molar-refractivity contribution in [3.63, 3.8) is 0 Å². The molecule has 4 nitrogen and oxygen atoms in total. The lowest BCUT2D eigenvalue weighted by molar-refractivity contribution is -0.190. The van der Waals surface area contributed by atoms with E-state index in [0.29, 0.717) is 0 Å². The van der Waals surface area contributed by atoms with Crippen LogP contribution in [-0.2, 0) is 21.0 Å². The van der Waals surface area contributed by atoms with E-state index >= 15 is 0 Å². The number of amides is 2. The highest BCUT2D eigenvalue weighted by Gasteiger charge is 2.33. The Bertz CT molecular complexity index is 737. The van der Waals surface area contributed by atoms with Gasteiger partial charge in [0.25, 0.3) is 11.8 Å². The van der Waals surface area contributed by atoms with Gasteiger partial charge in [-0.1, -0.05) is 61.2 Å². The molecule has 2 amide bonds. The summed E-state index contributed by atoms with van der Waals surface area (Å²) in [4.78, 5) is 28.9. The molecule has 3 rings (SSSR count). The van der Waals surface area contributed by atoms with Gasteiger partial charge in [-0.25, -0.2) is 0 Å². The first-order valence-electron chi connectivity index (χ1n) is 6.98. The largest absolute Gasteiger partial charge is 0.280 e. The van der Waals surface area contributed by atoms with E-state index in [1.165, 1.54) is 0 Å². The van der Waals surface area contributed by atoms with E-state index in [-0.39, 0.29) is 24.5 Å². The van der Waals surface area contributed by atoms with Crippen LogP contribution in [0.2, 0.25) is 0 Å². The van der Waals surface area contributed by atoms with Gasteiger partial charge in [-0.15, -0.1) is 5.06 Å². The number of hydrogen-bond acceptors (Lipinski definition) is 3. The first kappa shape index (κ1) is 14.2. The molecular formula is C18H15NO3. The molecule has 2 aromatic carbocycles. The number of carbonyl (C=O) groups excluding carboxylic acids is 2. The Morgan fingerprint density at radius 3 is 2.36 bits per heavy atom. The lowest BCUT2D eigenvalue weighted by Crippen LogP contribution is -2.29. The van der Waals surface area contributed by atoms with E-state index in [1.807, 2.05) is 54.6 Å². The molecule has 0 bridgehead atoms. The zero-order valence-corrected chi connectivity index (χ0v) is 12.0. The monoisotopic (exact) mass is 293 g/mol. The lowest BCUT2D eigenvalue weighted by atomic mass is 10.0. The highest BCUT2D eigenvalue weighted by Crippen LogP contribution is 2.25. The fourth-order valence-electron chi connectivity index (χ4n) is 2.40. The molecule has 0 saturated carbocycles. The van der Waals surface area contributed by atoms with Crippen molar-refractivity contribution in [2.24, 2.45) is 0 Å². The van der Waals surface area contributed by atoms with Crippen LogP contribution in [0.3, 0.4) is 0 Å². The maximum Gasteiger partial charge on any atom is 0.280 e. The Labute approximate surface area is 128 Å². The molecule has 22 heavy (non-hydrogen) atoms. The molecule has 0 unspecified atom stereocenters. The summed E-state index contributed by atoms with van der Waals surface area (Å²) >= 11 is 0. The minimum Gasteiger partial charge on any atom is -0.272 e. The van der Waals surface area contributed by atoms with Crippen LogP contribution < -0.4 is 0 Å². The van der Waals surface area contributed by atoms with Gasteiger partial charge in [0.2, 0.25) is 0 Å². The van der Waals surface area contributed by atoms with Gasteiger partial charge in [0.05, 0.1) is 6.42 Å². The molecule has 0 radical (unpaired) electrons. The number of nitrogens with zero attached hydrogens (tertiary/aromatic N) is 1.